The summed E-state index contributed by atoms with van der Waals surface area (Å²) in [5.74, 6) is 0. The number of nitrogens with two attached hydrogens (primary N) is 1. The van der Waals surface area contributed by atoms with Gasteiger partial charge in [0, 0.05) is 25.5 Å². The summed E-state index contributed by atoms with van der Waals surface area (Å²) < 4.78 is 2.00. The van der Waals surface area contributed by atoms with Crippen molar-refractivity contribution in [3.8, 4) is 0 Å². The van der Waals surface area contributed by atoms with Crippen molar-refractivity contribution in [1.29, 1.82) is 0 Å². The quantitative estimate of drug-likeness (QED) is 0.644. The van der Waals surface area contributed by atoms with Gasteiger partial charge in [-0.2, -0.15) is 0 Å². The van der Waals surface area contributed by atoms with Crippen LogP contribution in [0.5, 0.6) is 0 Å². The number of aryl methyl sites for hydroxylation is 1. The average Bonchev–Trinajstić information content (AvgIpc) is 2.55. The Hall–Kier alpha value is -1.52. The first-order valence-corrected chi connectivity index (χ1v) is 4.28. The van der Waals surface area contributed by atoms with Crippen LogP contribution < -0.4 is 11.1 Å². The Morgan fingerprint density at radius 3 is 3.00 bits per heavy atom. The van der Waals surface area contributed by atoms with E-state index in [1.54, 1.807) is 12.5 Å². The molecule has 0 bridgehead atoms. The van der Waals surface area contributed by atoms with Crippen LogP contribution in [0.25, 0.3) is 0 Å². The van der Waals surface area contributed by atoms with Crippen molar-refractivity contribution in [2.75, 3.05) is 6.54 Å². The number of hydrogen-bond acceptors (Lipinski definition) is 2. The second-order valence-corrected chi connectivity index (χ2v) is 2.80. The van der Waals surface area contributed by atoms with E-state index in [2.05, 4.69) is 10.3 Å². The molecule has 5 nitrogen and oxygen atoms in total. The Kier molecular flexibility index (Phi) is 3.81. The van der Waals surface area contributed by atoms with Gasteiger partial charge in [-0.25, -0.2) is 9.78 Å². The van der Waals surface area contributed by atoms with Crippen LogP contribution in [0, 0.1) is 0 Å². The number of nitrogens with one attached hydrogen (secondary N) is 1. The van der Waals surface area contributed by atoms with E-state index in [4.69, 9.17) is 5.73 Å². The van der Waals surface area contributed by atoms with Crippen LogP contribution in [0.1, 0.15) is 12.8 Å². The van der Waals surface area contributed by atoms with Crippen LogP contribution >= 0.6 is 0 Å². The Bertz CT molecular complexity index is 245. The highest BCUT2D eigenvalue weighted by Crippen LogP contribution is 1.93. The summed E-state index contributed by atoms with van der Waals surface area (Å²) in [7, 11) is 0. The first kappa shape index (κ1) is 9.57. The molecule has 0 aliphatic heterocycles. The van der Waals surface area contributed by atoms with Gasteiger partial charge < -0.3 is 15.6 Å². The molecule has 0 fully saturated rings. The van der Waals surface area contributed by atoms with Gasteiger partial charge in [-0.1, -0.05) is 0 Å². The van der Waals surface area contributed by atoms with Crippen LogP contribution in [-0.2, 0) is 6.54 Å². The molecular weight excluding hydrogens is 168 g/mol. The Balaban J connectivity index is 1.99. The second-order valence-electron chi connectivity index (χ2n) is 2.80. The maximum atomic E-state index is 10.3. The molecule has 3 N–H and O–H groups in total. The van der Waals surface area contributed by atoms with Crippen LogP contribution in [0.4, 0.5) is 4.79 Å². The van der Waals surface area contributed by atoms with Gasteiger partial charge in [-0.05, 0) is 12.8 Å². The highest BCUT2D eigenvalue weighted by molar-refractivity contribution is 5.71. The molecule has 5 heteroatoms. The molecule has 0 atom stereocenters. The predicted octanol–water partition coefficient (Wildman–Crippen LogP) is 0.332. The van der Waals surface area contributed by atoms with Crippen LogP contribution in [-0.4, -0.2) is 22.1 Å². The van der Waals surface area contributed by atoms with E-state index in [1.807, 2.05) is 10.8 Å². The summed E-state index contributed by atoms with van der Waals surface area (Å²) in [5.41, 5.74) is 4.90. The summed E-state index contributed by atoms with van der Waals surface area (Å²) in [4.78, 5) is 14.2. The number of carbonyl (C=O) groups excluding carboxylic acids is 1. The molecule has 1 aromatic rings. The van der Waals surface area contributed by atoms with Crippen molar-refractivity contribution in [2.45, 2.75) is 19.4 Å². The van der Waals surface area contributed by atoms with E-state index in [1.165, 1.54) is 0 Å². The summed E-state index contributed by atoms with van der Waals surface area (Å²) >= 11 is 0. The minimum atomic E-state index is -0.456. The van der Waals surface area contributed by atoms with Gasteiger partial charge in [0.15, 0.2) is 0 Å². The van der Waals surface area contributed by atoms with E-state index < -0.39 is 6.03 Å². The molecule has 0 aliphatic rings. The molecule has 0 aliphatic carbocycles. The molecule has 0 unspecified atom stereocenters. The number of carbonyl (C=O) groups is 1. The first-order valence-electron chi connectivity index (χ1n) is 4.28. The molecular formula is C8H14N4O. The fourth-order valence-corrected chi connectivity index (χ4v) is 1.05. The second kappa shape index (κ2) is 5.18. The van der Waals surface area contributed by atoms with E-state index >= 15 is 0 Å². The molecule has 0 saturated heterocycles. The third kappa shape index (κ3) is 4.15. The Morgan fingerprint density at radius 2 is 2.38 bits per heavy atom. The molecule has 0 spiro atoms. The third-order valence-corrected chi connectivity index (χ3v) is 1.70. The van der Waals surface area contributed by atoms with Crippen LogP contribution in [0.15, 0.2) is 18.7 Å². The lowest BCUT2D eigenvalue weighted by atomic mass is 10.3. The number of rotatable bonds is 5. The molecule has 1 rings (SSSR count). The monoisotopic (exact) mass is 182 g/mol. The fraction of sp³-hybridized carbons (Fsp3) is 0.500. The minimum absolute atomic E-state index is 0.456. The lowest BCUT2D eigenvalue weighted by Crippen LogP contribution is -2.30. The normalized spacial score (nSPS) is 9.85. The van der Waals surface area contributed by atoms with Crippen molar-refractivity contribution < 1.29 is 4.79 Å². The summed E-state index contributed by atoms with van der Waals surface area (Å²) in [6.45, 7) is 1.57. The maximum absolute atomic E-state index is 10.3. The summed E-state index contributed by atoms with van der Waals surface area (Å²) in [5, 5.41) is 2.54. The smallest absolute Gasteiger partial charge is 0.312 e. The number of urea groups is 1. The number of unbranched alkanes of at least 4 members (excludes halogenated alkanes) is 1. The van der Waals surface area contributed by atoms with Gasteiger partial charge >= 0.3 is 6.03 Å². The number of primary amides is 1. The fourth-order valence-electron chi connectivity index (χ4n) is 1.05. The molecule has 2 amide bonds. The predicted molar refractivity (Wildman–Crippen MR) is 49.0 cm³/mol. The van der Waals surface area contributed by atoms with E-state index in [0.717, 1.165) is 19.4 Å². The number of nitrogens with zero attached hydrogens (tertiary/aromatic N) is 2. The van der Waals surface area contributed by atoms with Gasteiger partial charge in [0.25, 0.3) is 0 Å². The summed E-state index contributed by atoms with van der Waals surface area (Å²) in [6.07, 6.45) is 7.39. The first-order chi connectivity index (χ1) is 6.29. The zero-order valence-electron chi connectivity index (χ0n) is 7.44. The van der Waals surface area contributed by atoms with Gasteiger partial charge in [0.05, 0.1) is 6.33 Å². The zero-order chi connectivity index (χ0) is 9.52. The highest BCUT2D eigenvalue weighted by Gasteiger charge is 1.92. The van der Waals surface area contributed by atoms with E-state index in [0.29, 0.717) is 6.54 Å². The molecule has 1 aromatic heterocycles. The minimum Gasteiger partial charge on any atom is -0.352 e. The van der Waals surface area contributed by atoms with Crippen molar-refractivity contribution in [1.82, 2.24) is 14.9 Å². The third-order valence-electron chi connectivity index (χ3n) is 1.70. The summed E-state index contributed by atoms with van der Waals surface area (Å²) in [6, 6.07) is -0.456. The highest BCUT2D eigenvalue weighted by atomic mass is 16.2. The topological polar surface area (TPSA) is 72.9 Å². The standard InChI is InChI=1S/C8H14N4O/c9-8(13)11-3-1-2-5-12-6-4-10-7-12/h4,6-7H,1-3,5H2,(H3,9,11,13). The van der Waals surface area contributed by atoms with Gasteiger partial charge in [-0.15, -0.1) is 0 Å². The largest absolute Gasteiger partial charge is 0.352 e. The molecule has 72 valence electrons. The van der Waals surface area contributed by atoms with Crippen molar-refractivity contribution >= 4 is 6.03 Å². The average molecular weight is 182 g/mol. The zero-order valence-corrected chi connectivity index (χ0v) is 7.44. The number of amides is 2. The molecule has 0 radical (unpaired) electrons. The van der Waals surface area contributed by atoms with Gasteiger partial charge in [0.2, 0.25) is 0 Å². The van der Waals surface area contributed by atoms with Crippen molar-refractivity contribution in [2.24, 2.45) is 5.73 Å². The van der Waals surface area contributed by atoms with Crippen molar-refractivity contribution in [3.63, 3.8) is 0 Å². The van der Waals surface area contributed by atoms with Gasteiger partial charge in [0.1, 0.15) is 0 Å². The molecule has 0 saturated carbocycles. The Labute approximate surface area is 76.9 Å². The SMILES string of the molecule is NC(=O)NCCCCn1ccnc1. The molecule has 1 heterocycles. The number of hydrogen-bond donors (Lipinski definition) is 2. The van der Waals surface area contributed by atoms with Crippen molar-refractivity contribution in [3.05, 3.63) is 18.7 Å². The molecule has 13 heavy (non-hydrogen) atoms. The number of aromatic nitrogens is 2. The van der Waals surface area contributed by atoms with E-state index in [-0.39, 0.29) is 0 Å². The van der Waals surface area contributed by atoms with Crippen LogP contribution in [0.3, 0.4) is 0 Å². The van der Waals surface area contributed by atoms with E-state index in [9.17, 15) is 4.79 Å². The van der Waals surface area contributed by atoms with Crippen LogP contribution in [0.2, 0.25) is 0 Å². The lowest BCUT2D eigenvalue weighted by Gasteiger charge is -2.02. The van der Waals surface area contributed by atoms with Gasteiger partial charge in [-0.3, -0.25) is 0 Å². The Morgan fingerprint density at radius 1 is 1.54 bits per heavy atom. The number of imidazole rings is 1. The maximum Gasteiger partial charge on any atom is 0.312 e. The lowest BCUT2D eigenvalue weighted by molar-refractivity contribution is 0.248. The molecule has 0 aromatic carbocycles.